The molecule has 0 aromatic carbocycles. The molecule has 0 radical (unpaired) electrons. The van der Waals surface area contributed by atoms with E-state index in [0.29, 0.717) is 6.41 Å². The van der Waals surface area contributed by atoms with Crippen molar-refractivity contribution in [2.24, 2.45) is 5.92 Å². The number of hydrogen-bond acceptors (Lipinski definition) is 2. The summed E-state index contributed by atoms with van der Waals surface area (Å²) >= 11 is 0. The summed E-state index contributed by atoms with van der Waals surface area (Å²) in [5.41, 5.74) is -1.11. The minimum absolute atomic E-state index is 0.120. The number of hydrogen-bond donors (Lipinski definition) is 1. The van der Waals surface area contributed by atoms with E-state index in [1.807, 2.05) is 0 Å². The molecule has 0 aliphatic heterocycles. The van der Waals surface area contributed by atoms with Crippen LogP contribution in [-0.2, 0) is 9.59 Å². The Balaban J connectivity index is 4.86. The van der Waals surface area contributed by atoms with Gasteiger partial charge in [0.2, 0.25) is 6.41 Å². The molecule has 1 amide bonds. The number of carboxylic acid groups (broad SMARTS) is 1. The standard InChI is InChI=1S/C8H15NO3/c1-6(2)8(3,7(11)12)9(4)5-10/h5-6H,1-4H3,(H,11,12). The zero-order chi connectivity index (χ0) is 9.94. The summed E-state index contributed by atoms with van der Waals surface area (Å²) in [6.07, 6.45) is 0.536. The summed E-state index contributed by atoms with van der Waals surface area (Å²) in [5.74, 6) is -1.10. The van der Waals surface area contributed by atoms with Crippen LogP contribution < -0.4 is 0 Å². The van der Waals surface area contributed by atoms with E-state index in [2.05, 4.69) is 0 Å². The van der Waals surface area contributed by atoms with E-state index >= 15 is 0 Å². The van der Waals surface area contributed by atoms with Crippen molar-refractivity contribution in [2.45, 2.75) is 26.3 Å². The zero-order valence-electron chi connectivity index (χ0n) is 7.87. The Labute approximate surface area is 72.2 Å². The molecule has 1 unspecified atom stereocenters. The van der Waals surface area contributed by atoms with Crippen LogP contribution in [0.4, 0.5) is 0 Å². The first-order chi connectivity index (χ1) is 5.37. The van der Waals surface area contributed by atoms with Gasteiger partial charge in [0.15, 0.2) is 0 Å². The Morgan fingerprint density at radius 2 is 2.00 bits per heavy atom. The number of amides is 1. The van der Waals surface area contributed by atoms with Crippen molar-refractivity contribution in [2.75, 3.05) is 7.05 Å². The lowest BCUT2D eigenvalue weighted by Crippen LogP contribution is -2.53. The van der Waals surface area contributed by atoms with Crippen LogP contribution in [0.5, 0.6) is 0 Å². The van der Waals surface area contributed by atoms with Crippen LogP contribution in [-0.4, -0.2) is 35.0 Å². The maximum atomic E-state index is 10.9. The van der Waals surface area contributed by atoms with Gasteiger partial charge >= 0.3 is 5.97 Å². The molecule has 0 spiro atoms. The number of carboxylic acids is 1. The molecule has 0 aromatic rings. The van der Waals surface area contributed by atoms with Gasteiger partial charge in [-0.1, -0.05) is 13.8 Å². The molecule has 1 N–H and O–H groups in total. The predicted molar refractivity (Wildman–Crippen MR) is 44.7 cm³/mol. The molecule has 70 valence electrons. The third-order valence-electron chi connectivity index (χ3n) is 2.45. The van der Waals surface area contributed by atoms with Gasteiger partial charge in [-0.25, -0.2) is 4.79 Å². The summed E-state index contributed by atoms with van der Waals surface area (Å²) in [4.78, 5) is 22.5. The van der Waals surface area contributed by atoms with Crippen molar-refractivity contribution in [3.8, 4) is 0 Å². The largest absolute Gasteiger partial charge is 0.479 e. The highest BCUT2D eigenvalue weighted by Crippen LogP contribution is 2.22. The Morgan fingerprint density at radius 3 is 2.08 bits per heavy atom. The second-order valence-corrected chi connectivity index (χ2v) is 3.32. The smallest absolute Gasteiger partial charge is 0.329 e. The predicted octanol–water partition coefficient (Wildman–Crippen LogP) is 0.574. The molecule has 4 nitrogen and oxygen atoms in total. The fourth-order valence-corrected chi connectivity index (χ4v) is 0.915. The van der Waals surface area contributed by atoms with Crippen molar-refractivity contribution in [1.82, 2.24) is 4.90 Å². The van der Waals surface area contributed by atoms with Gasteiger partial charge in [-0.3, -0.25) is 4.79 Å². The summed E-state index contributed by atoms with van der Waals surface area (Å²) in [5, 5.41) is 8.90. The highest BCUT2D eigenvalue weighted by atomic mass is 16.4. The SMILES string of the molecule is CC(C)C(C)(C(=O)O)N(C)C=O. The third-order valence-corrected chi connectivity index (χ3v) is 2.45. The van der Waals surface area contributed by atoms with Crippen LogP contribution in [0.15, 0.2) is 0 Å². The Kier molecular flexibility index (Phi) is 3.24. The highest BCUT2D eigenvalue weighted by Gasteiger charge is 2.40. The van der Waals surface area contributed by atoms with E-state index in [0.717, 1.165) is 0 Å². The molecule has 4 heteroatoms. The fraction of sp³-hybridized carbons (Fsp3) is 0.750. The Morgan fingerprint density at radius 1 is 1.58 bits per heavy atom. The molecule has 0 aromatic heterocycles. The van der Waals surface area contributed by atoms with Crippen molar-refractivity contribution in [3.05, 3.63) is 0 Å². The van der Waals surface area contributed by atoms with Gasteiger partial charge in [-0.05, 0) is 12.8 Å². The lowest BCUT2D eigenvalue weighted by molar-refractivity contribution is -0.155. The maximum absolute atomic E-state index is 10.9. The second-order valence-electron chi connectivity index (χ2n) is 3.32. The van der Waals surface area contributed by atoms with Crippen LogP contribution in [0, 0.1) is 5.92 Å². The molecule has 0 aliphatic rings. The van der Waals surface area contributed by atoms with E-state index in [-0.39, 0.29) is 5.92 Å². The molecule has 1 atom stereocenters. The van der Waals surface area contributed by atoms with E-state index in [1.165, 1.54) is 18.9 Å². The molecule has 0 heterocycles. The topological polar surface area (TPSA) is 57.6 Å². The Bertz CT molecular complexity index is 191. The normalized spacial score (nSPS) is 15.4. The number of nitrogens with zero attached hydrogens (tertiary/aromatic N) is 1. The molecule has 0 fully saturated rings. The number of aliphatic carboxylic acids is 1. The van der Waals surface area contributed by atoms with Crippen molar-refractivity contribution in [1.29, 1.82) is 0 Å². The van der Waals surface area contributed by atoms with Crippen LogP contribution in [0.2, 0.25) is 0 Å². The van der Waals surface area contributed by atoms with Crippen LogP contribution in [0.1, 0.15) is 20.8 Å². The molecule has 0 saturated heterocycles. The number of carbonyl (C=O) groups excluding carboxylic acids is 1. The summed E-state index contributed by atoms with van der Waals surface area (Å²) in [6.45, 7) is 5.08. The minimum Gasteiger partial charge on any atom is -0.479 e. The van der Waals surface area contributed by atoms with E-state index in [4.69, 9.17) is 5.11 Å². The average molecular weight is 173 g/mol. The lowest BCUT2D eigenvalue weighted by Gasteiger charge is -2.35. The molecule has 0 bridgehead atoms. The summed E-state index contributed by atoms with van der Waals surface area (Å²) < 4.78 is 0. The molecule has 0 rings (SSSR count). The molecule has 12 heavy (non-hydrogen) atoms. The van der Waals surface area contributed by atoms with Gasteiger partial charge in [-0.2, -0.15) is 0 Å². The first kappa shape index (κ1) is 10.9. The van der Waals surface area contributed by atoms with Gasteiger partial charge < -0.3 is 10.0 Å². The van der Waals surface area contributed by atoms with Crippen LogP contribution in [0.25, 0.3) is 0 Å². The first-order valence-electron chi connectivity index (χ1n) is 3.79. The Hall–Kier alpha value is -1.06. The summed E-state index contributed by atoms with van der Waals surface area (Å²) in [6, 6.07) is 0. The van der Waals surface area contributed by atoms with Crippen molar-refractivity contribution in [3.63, 3.8) is 0 Å². The average Bonchev–Trinajstić information content (AvgIpc) is 2.00. The summed E-state index contributed by atoms with van der Waals surface area (Å²) in [7, 11) is 1.47. The molecule has 0 saturated carbocycles. The van der Waals surface area contributed by atoms with Crippen LogP contribution >= 0.6 is 0 Å². The second kappa shape index (κ2) is 3.56. The van der Waals surface area contributed by atoms with E-state index in [9.17, 15) is 9.59 Å². The van der Waals surface area contributed by atoms with Gasteiger partial charge in [-0.15, -0.1) is 0 Å². The maximum Gasteiger partial charge on any atom is 0.329 e. The quantitative estimate of drug-likeness (QED) is 0.632. The van der Waals surface area contributed by atoms with Crippen molar-refractivity contribution >= 4 is 12.4 Å². The minimum atomic E-state index is -1.11. The van der Waals surface area contributed by atoms with E-state index < -0.39 is 11.5 Å². The fourth-order valence-electron chi connectivity index (χ4n) is 0.915. The van der Waals surface area contributed by atoms with Crippen LogP contribution in [0.3, 0.4) is 0 Å². The van der Waals surface area contributed by atoms with Gasteiger partial charge in [0.25, 0.3) is 0 Å². The number of carbonyl (C=O) groups is 2. The van der Waals surface area contributed by atoms with Gasteiger partial charge in [0, 0.05) is 7.05 Å². The highest BCUT2D eigenvalue weighted by molar-refractivity contribution is 5.81. The number of rotatable bonds is 4. The van der Waals surface area contributed by atoms with Gasteiger partial charge in [0.1, 0.15) is 5.54 Å². The van der Waals surface area contributed by atoms with E-state index in [1.54, 1.807) is 13.8 Å². The number of likely N-dealkylation sites (N-methyl/N-ethyl adjacent to an activating group) is 1. The van der Waals surface area contributed by atoms with Gasteiger partial charge in [0.05, 0.1) is 0 Å². The third kappa shape index (κ3) is 1.57. The molecule has 0 aliphatic carbocycles. The zero-order valence-corrected chi connectivity index (χ0v) is 7.87. The molecular formula is C8H15NO3. The monoisotopic (exact) mass is 173 g/mol. The molecular weight excluding hydrogens is 158 g/mol. The first-order valence-corrected chi connectivity index (χ1v) is 3.79. The lowest BCUT2D eigenvalue weighted by atomic mass is 9.87. The van der Waals surface area contributed by atoms with Crippen molar-refractivity contribution < 1.29 is 14.7 Å².